The highest BCUT2D eigenvalue weighted by atomic mass is 32.2. The van der Waals surface area contributed by atoms with Gasteiger partial charge in [0.25, 0.3) is 0 Å². The second-order valence-corrected chi connectivity index (χ2v) is 8.74. The van der Waals surface area contributed by atoms with Gasteiger partial charge in [-0.05, 0) is 42.0 Å². The van der Waals surface area contributed by atoms with E-state index in [2.05, 4.69) is 16.9 Å². The van der Waals surface area contributed by atoms with Crippen LogP contribution in [0.15, 0.2) is 76.2 Å². The van der Waals surface area contributed by atoms with Gasteiger partial charge in [-0.2, -0.15) is 0 Å². The fourth-order valence-corrected chi connectivity index (χ4v) is 4.77. The van der Waals surface area contributed by atoms with E-state index in [1.165, 1.54) is 28.2 Å². The number of furan rings is 1. The Bertz CT molecular complexity index is 1030. The smallest absolute Gasteiger partial charge is 0.240 e. The largest absolute Gasteiger partial charge is 0.463 e. The van der Waals surface area contributed by atoms with Crippen LogP contribution in [0.1, 0.15) is 22.9 Å². The van der Waals surface area contributed by atoms with Crippen molar-refractivity contribution in [2.75, 3.05) is 13.1 Å². The molecule has 0 bridgehead atoms. The van der Waals surface area contributed by atoms with Gasteiger partial charge in [0, 0.05) is 12.0 Å². The fraction of sp³-hybridized carbons (Fsp3) is 0.238. The van der Waals surface area contributed by atoms with Gasteiger partial charge in [0.05, 0.1) is 24.2 Å². The molecular weight excluding hydrogens is 379 g/mol. The van der Waals surface area contributed by atoms with Gasteiger partial charge in [0.15, 0.2) is 11.8 Å². The first-order valence-corrected chi connectivity index (χ1v) is 10.7. The minimum atomic E-state index is -3.73. The molecule has 28 heavy (non-hydrogen) atoms. The second kappa shape index (κ2) is 7.87. The van der Waals surface area contributed by atoms with E-state index in [1.807, 2.05) is 24.3 Å². The van der Waals surface area contributed by atoms with Crippen molar-refractivity contribution in [3.63, 3.8) is 0 Å². The molecule has 3 aromatic rings. The Balaban J connectivity index is 1.54. The number of hydrogen-bond acceptors (Lipinski definition) is 3. The molecule has 1 aromatic heterocycles. The topological polar surface area (TPSA) is 63.8 Å². The maximum absolute atomic E-state index is 13.1. The average Bonchev–Trinajstić information content (AvgIpc) is 3.23. The lowest BCUT2D eigenvalue weighted by atomic mass is 9.98. The second-order valence-electron chi connectivity index (χ2n) is 6.98. The zero-order valence-corrected chi connectivity index (χ0v) is 16.1. The lowest BCUT2D eigenvalue weighted by Gasteiger charge is -2.31. The van der Waals surface area contributed by atoms with E-state index in [-0.39, 0.29) is 17.5 Å². The van der Waals surface area contributed by atoms with Crippen molar-refractivity contribution in [2.24, 2.45) is 0 Å². The summed E-state index contributed by atoms with van der Waals surface area (Å²) in [6.07, 6.45) is 2.54. The summed E-state index contributed by atoms with van der Waals surface area (Å²) in [6, 6.07) is 16.7. The first-order chi connectivity index (χ1) is 13.5. The minimum absolute atomic E-state index is 0.0473. The third kappa shape index (κ3) is 4.01. The molecule has 2 atom stereocenters. The van der Waals surface area contributed by atoms with Gasteiger partial charge < -0.3 is 9.32 Å². The number of fused-ring (bicyclic) bond motifs is 1. The third-order valence-electron chi connectivity index (χ3n) is 5.23. The number of benzene rings is 2. The molecule has 5 nitrogen and oxygen atoms in total. The van der Waals surface area contributed by atoms with Crippen molar-refractivity contribution < 1.29 is 22.1 Å². The molecule has 146 valence electrons. The number of halogens is 1. The summed E-state index contributed by atoms with van der Waals surface area (Å²) in [6.45, 7) is 1.89. The number of hydrogen-bond donors (Lipinski definition) is 2. The first kappa shape index (κ1) is 18.9. The summed E-state index contributed by atoms with van der Waals surface area (Å²) < 4.78 is 46.7. The number of nitrogens with one attached hydrogen (secondary N) is 2. The van der Waals surface area contributed by atoms with E-state index in [1.54, 1.807) is 6.26 Å². The normalized spacial score (nSPS) is 17.8. The Morgan fingerprint density at radius 2 is 1.79 bits per heavy atom. The number of sulfonamides is 1. The van der Waals surface area contributed by atoms with Crippen molar-refractivity contribution in [3.8, 4) is 0 Å². The Hall–Kier alpha value is -2.48. The summed E-state index contributed by atoms with van der Waals surface area (Å²) in [7, 11) is -3.73. The highest BCUT2D eigenvalue weighted by molar-refractivity contribution is 7.89. The first-order valence-electron chi connectivity index (χ1n) is 9.23. The van der Waals surface area contributed by atoms with E-state index in [9.17, 15) is 12.8 Å². The highest BCUT2D eigenvalue weighted by Gasteiger charge is 2.31. The number of rotatable bonds is 6. The van der Waals surface area contributed by atoms with Gasteiger partial charge in [0.1, 0.15) is 12.4 Å². The molecule has 2 heterocycles. The summed E-state index contributed by atoms with van der Waals surface area (Å²) in [5, 5.41) is 0. The Kier molecular flexibility index (Phi) is 5.30. The summed E-state index contributed by atoms with van der Waals surface area (Å²) >= 11 is 0. The van der Waals surface area contributed by atoms with E-state index >= 15 is 0 Å². The quantitative estimate of drug-likeness (QED) is 0.665. The lowest BCUT2D eigenvalue weighted by Crippen LogP contribution is -3.12. The predicted octanol–water partition coefficient (Wildman–Crippen LogP) is 2.08. The lowest BCUT2D eigenvalue weighted by molar-refractivity contribution is -0.946. The third-order valence-corrected chi connectivity index (χ3v) is 6.67. The summed E-state index contributed by atoms with van der Waals surface area (Å²) in [5.41, 5.74) is 2.62. The van der Waals surface area contributed by atoms with Crippen LogP contribution in [-0.4, -0.2) is 21.5 Å². The van der Waals surface area contributed by atoms with Crippen LogP contribution in [0.4, 0.5) is 4.39 Å². The van der Waals surface area contributed by atoms with Gasteiger partial charge in [0.2, 0.25) is 10.0 Å². The highest BCUT2D eigenvalue weighted by Crippen LogP contribution is 2.17. The Labute approximate surface area is 163 Å². The zero-order valence-electron chi connectivity index (χ0n) is 15.3. The maximum Gasteiger partial charge on any atom is 0.240 e. The molecule has 0 spiro atoms. The summed E-state index contributed by atoms with van der Waals surface area (Å²) in [5.74, 6) is 0.278. The van der Waals surface area contributed by atoms with Crippen molar-refractivity contribution in [1.29, 1.82) is 0 Å². The molecule has 1 unspecified atom stereocenters. The average molecular weight is 401 g/mol. The molecule has 0 saturated heterocycles. The molecule has 0 radical (unpaired) electrons. The minimum Gasteiger partial charge on any atom is -0.463 e. The van der Waals surface area contributed by atoms with E-state index in [0.29, 0.717) is 0 Å². The zero-order chi connectivity index (χ0) is 19.6. The molecule has 7 heteroatoms. The molecule has 0 amide bonds. The van der Waals surface area contributed by atoms with Gasteiger partial charge in [-0.15, -0.1) is 0 Å². The van der Waals surface area contributed by atoms with Gasteiger partial charge in [-0.3, -0.25) is 0 Å². The molecule has 1 aliphatic heterocycles. The standard InChI is InChI=1S/C21H21FN2O3S/c22-18-7-9-19(10-8-18)28(25,26)23-14-20(21-6-3-13-27-21)24-12-11-16-4-1-2-5-17(16)15-24/h1-10,13,20,23H,11-12,14-15H2/p+1/t20-/m0/s1. The van der Waals surface area contributed by atoms with Crippen LogP contribution in [0, 0.1) is 5.82 Å². The van der Waals surface area contributed by atoms with Crippen LogP contribution >= 0.6 is 0 Å². The van der Waals surface area contributed by atoms with Crippen LogP contribution in [0.25, 0.3) is 0 Å². The molecule has 0 fully saturated rings. The van der Waals surface area contributed by atoms with Crippen molar-refractivity contribution in [2.45, 2.75) is 23.9 Å². The molecule has 0 saturated carbocycles. The Morgan fingerprint density at radius 3 is 2.50 bits per heavy atom. The predicted molar refractivity (Wildman–Crippen MR) is 103 cm³/mol. The van der Waals surface area contributed by atoms with Crippen LogP contribution in [0.3, 0.4) is 0 Å². The van der Waals surface area contributed by atoms with Crippen molar-refractivity contribution in [3.05, 3.63) is 89.6 Å². The maximum atomic E-state index is 13.1. The molecule has 2 aromatic carbocycles. The molecular formula is C21H22FN2O3S+. The van der Waals surface area contributed by atoms with Crippen molar-refractivity contribution >= 4 is 10.0 Å². The monoisotopic (exact) mass is 401 g/mol. The van der Waals surface area contributed by atoms with Crippen LogP contribution in [0.2, 0.25) is 0 Å². The van der Waals surface area contributed by atoms with Crippen LogP contribution in [0.5, 0.6) is 0 Å². The van der Waals surface area contributed by atoms with Gasteiger partial charge in [-0.1, -0.05) is 24.3 Å². The SMILES string of the molecule is O=S(=O)(NC[C@@H](c1ccco1)[NH+]1CCc2ccccc2C1)c1ccc(F)cc1. The molecule has 2 N–H and O–H groups in total. The van der Waals surface area contributed by atoms with Crippen molar-refractivity contribution in [1.82, 2.24) is 4.72 Å². The van der Waals surface area contributed by atoms with E-state index in [4.69, 9.17) is 4.42 Å². The van der Waals surface area contributed by atoms with E-state index < -0.39 is 15.8 Å². The van der Waals surface area contributed by atoms with Crippen LogP contribution in [-0.2, 0) is 23.0 Å². The Morgan fingerprint density at radius 1 is 1.04 bits per heavy atom. The molecule has 1 aliphatic rings. The summed E-state index contributed by atoms with van der Waals surface area (Å²) in [4.78, 5) is 1.29. The molecule has 0 aliphatic carbocycles. The van der Waals surface area contributed by atoms with Gasteiger partial charge in [-0.25, -0.2) is 17.5 Å². The van der Waals surface area contributed by atoms with Crippen LogP contribution < -0.4 is 9.62 Å². The number of quaternary nitrogens is 1. The molecule has 4 rings (SSSR count). The fourth-order valence-electron chi connectivity index (χ4n) is 3.73. The van der Waals surface area contributed by atoms with E-state index in [0.717, 1.165) is 37.4 Å². The van der Waals surface area contributed by atoms with Gasteiger partial charge >= 0.3 is 0 Å².